The molecular weight excluding hydrogens is 345 g/mol. The molecule has 0 amide bonds. The van der Waals surface area contributed by atoms with Crippen molar-refractivity contribution in [1.29, 1.82) is 0 Å². The summed E-state index contributed by atoms with van der Waals surface area (Å²) in [7, 11) is -3.74. The molecule has 9 heteroatoms. The van der Waals surface area contributed by atoms with Gasteiger partial charge in [-0.1, -0.05) is 0 Å². The van der Waals surface area contributed by atoms with E-state index in [1.807, 2.05) is 0 Å². The van der Waals surface area contributed by atoms with Crippen LogP contribution < -0.4 is 9.46 Å². The van der Waals surface area contributed by atoms with Gasteiger partial charge >= 0.3 is 6.36 Å². The molecule has 1 heterocycles. The maximum Gasteiger partial charge on any atom is 0.573 e. The zero-order valence-corrected chi connectivity index (χ0v) is 13.7. The molecule has 5 nitrogen and oxygen atoms in total. The molecule has 1 aliphatic carbocycles. The van der Waals surface area contributed by atoms with Crippen molar-refractivity contribution in [3.8, 4) is 5.75 Å². The summed E-state index contributed by atoms with van der Waals surface area (Å²) in [5.74, 6) is -0.175. The molecule has 0 spiro atoms. The number of ether oxygens (including phenoxy) is 1. The van der Waals surface area contributed by atoms with Crippen LogP contribution in [0.4, 0.5) is 13.2 Å². The number of benzene rings is 1. The Balaban J connectivity index is 1.55. The van der Waals surface area contributed by atoms with Crippen molar-refractivity contribution in [2.24, 2.45) is 5.92 Å². The van der Waals surface area contributed by atoms with Gasteiger partial charge in [-0.2, -0.15) is 0 Å². The van der Waals surface area contributed by atoms with Gasteiger partial charge in [0.05, 0.1) is 4.90 Å². The normalized spacial score (nSPS) is 22.7. The van der Waals surface area contributed by atoms with Crippen LogP contribution in [0.15, 0.2) is 29.2 Å². The van der Waals surface area contributed by atoms with Gasteiger partial charge in [0.2, 0.25) is 10.0 Å². The molecule has 3 rings (SSSR count). The van der Waals surface area contributed by atoms with Crippen LogP contribution >= 0.6 is 0 Å². The Kier molecular flexibility index (Phi) is 4.76. The third-order valence-corrected chi connectivity index (χ3v) is 5.75. The minimum absolute atomic E-state index is 0.0749. The zero-order chi connectivity index (χ0) is 17.4. The lowest BCUT2D eigenvalue weighted by atomic mass is 10.1. The zero-order valence-electron chi connectivity index (χ0n) is 12.9. The van der Waals surface area contributed by atoms with E-state index in [1.165, 1.54) is 12.8 Å². The second-order valence-corrected chi connectivity index (χ2v) is 8.02. The topological polar surface area (TPSA) is 58.6 Å². The Morgan fingerprint density at radius 3 is 2.42 bits per heavy atom. The molecular formula is C15H19F3N2O3S. The van der Waals surface area contributed by atoms with E-state index < -0.39 is 22.1 Å². The number of rotatable bonds is 6. The lowest BCUT2D eigenvalue weighted by molar-refractivity contribution is -0.274. The number of nitrogens with zero attached hydrogens (tertiary/aromatic N) is 1. The smallest absolute Gasteiger partial charge is 0.406 e. The molecule has 2 aliphatic rings. The fourth-order valence-corrected chi connectivity index (χ4v) is 4.05. The van der Waals surface area contributed by atoms with Crippen LogP contribution in [0.25, 0.3) is 0 Å². The highest BCUT2D eigenvalue weighted by Crippen LogP contribution is 2.31. The molecule has 0 aromatic heterocycles. The van der Waals surface area contributed by atoms with Crippen LogP contribution in [0.3, 0.4) is 0 Å². The predicted molar refractivity (Wildman–Crippen MR) is 81.0 cm³/mol. The number of hydrogen-bond donors (Lipinski definition) is 1. The van der Waals surface area contributed by atoms with Crippen LogP contribution in [-0.2, 0) is 10.0 Å². The first kappa shape index (κ1) is 17.5. The molecule has 1 aliphatic heterocycles. The number of sulfonamides is 1. The van der Waals surface area contributed by atoms with Crippen molar-refractivity contribution in [1.82, 2.24) is 9.62 Å². The summed E-state index contributed by atoms with van der Waals surface area (Å²) in [6.45, 7) is 2.23. The first-order valence-electron chi connectivity index (χ1n) is 7.82. The molecule has 1 atom stereocenters. The van der Waals surface area contributed by atoms with Gasteiger partial charge in [-0.05, 0) is 56.0 Å². The van der Waals surface area contributed by atoms with Crippen LogP contribution in [-0.4, -0.2) is 45.4 Å². The van der Waals surface area contributed by atoms with Gasteiger partial charge in [0, 0.05) is 19.1 Å². The van der Waals surface area contributed by atoms with Crippen molar-refractivity contribution in [2.75, 3.05) is 19.6 Å². The standard InChI is InChI=1S/C15H19F3N2O3S/c16-15(17,18)23-13-3-5-14(6-4-13)24(21,22)19-9-11-7-8-20(10-11)12-1-2-12/h3-6,11-12,19H,1-2,7-10H2/t11-/m0/s1. The van der Waals surface area contributed by atoms with Crippen molar-refractivity contribution < 1.29 is 26.3 Å². The molecule has 1 N–H and O–H groups in total. The number of alkyl halides is 3. The SMILES string of the molecule is O=S(=O)(NC[C@@H]1CCN(C2CC2)C1)c1ccc(OC(F)(F)F)cc1. The van der Waals surface area contributed by atoms with E-state index >= 15 is 0 Å². The third-order valence-electron chi connectivity index (χ3n) is 4.31. The number of halogens is 3. The van der Waals surface area contributed by atoms with E-state index in [-0.39, 0.29) is 10.8 Å². The van der Waals surface area contributed by atoms with Crippen molar-refractivity contribution in [2.45, 2.75) is 36.6 Å². The van der Waals surface area contributed by atoms with Crippen molar-refractivity contribution in [3.63, 3.8) is 0 Å². The molecule has 0 bridgehead atoms. The molecule has 1 saturated carbocycles. The average molecular weight is 364 g/mol. The molecule has 1 saturated heterocycles. The minimum Gasteiger partial charge on any atom is -0.406 e. The highest BCUT2D eigenvalue weighted by atomic mass is 32.2. The molecule has 0 radical (unpaired) electrons. The quantitative estimate of drug-likeness (QED) is 0.842. The third kappa shape index (κ3) is 4.61. The Morgan fingerprint density at radius 2 is 1.83 bits per heavy atom. The maximum atomic E-state index is 12.2. The van der Waals surface area contributed by atoms with Gasteiger partial charge in [0.15, 0.2) is 0 Å². The summed E-state index contributed by atoms with van der Waals surface area (Å²) >= 11 is 0. The maximum absolute atomic E-state index is 12.2. The van der Waals surface area contributed by atoms with Gasteiger partial charge in [0.1, 0.15) is 5.75 Å². The fourth-order valence-electron chi connectivity index (χ4n) is 2.93. The largest absolute Gasteiger partial charge is 0.573 e. The Hall–Kier alpha value is -1.32. The van der Waals surface area contributed by atoms with E-state index in [4.69, 9.17) is 0 Å². The van der Waals surface area contributed by atoms with Gasteiger partial charge in [-0.25, -0.2) is 13.1 Å². The monoisotopic (exact) mass is 364 g/mol. The van der Waals surface area contributed by atoms with E-state index in [9.17, 15) is 21.6 Å². The summed E-state index contributed by atoms with van der Waals surface area (Å²) in [6, 6.07) is 4.87. The first-order chi connectivity index (χ1) is 11.2. The van der Waals surface area contributed by atoms with Crippen LogP contribution in [0.1, 0.15) is 19.3 Å². The second kappa shape index (κ2) is 6.53. The van der Waals surface area contributed by atoms with Crippen molar-refractivity contribution in [3.05, 3.63) is 24.3 Å². The fraction of sp³-hybridized carbons (Fsp3) is 0.600. The van der Waals surface area contributed by atoms with E-state index in [0.29, 0.717) is 12.6 Å². The Bertz CT molecular complexity index is 672. The van der Waals surface area contributed by atoms with E-state index in [0.717, 1.165) is 43.8 Å². The second-order valence-electron chi connectivity index (χ2n) is 6.25. The molecule has 2 fully saturated rings. The molecule has 24 heavy (non-hydrogen) atoms. The van der Waals surface area contributed by atoms with E-state index in [2.05, 4.69) is 14.4 Å². The first-order valence-corrected chi connectivity index (χ1v) is 9.31. The highest BCUT2D eigenvalue weighted by Gasteiger charge is 2.34. The lowest BCUT2D eigenvalue weighted by Gasteiger charge is -2.15. The van der Waals surface area contributed by atoms with Gasteiger partial charge in [-0.15, -0.1) is 13.2 Å². The van der Waals surface area contributed by atoms with Gasteiger partial charge in [0.25, 0.3) is 0 Å². The molecule has 0 unspecified atom stereocenters. The Labute approximate surface area is 138 Å². The van der Waals surface area contributed by atoms with Crippen LogP contribution in [0.5, 0.6) is 5.75 Å². The van der Waals surface area contributed by atoms with Crippen molar-refractivity contribution >= 4 is 10.0 Å². The summed E-state index contributed by atoms with van der Waals surface area (Å²) < 4.78 is 67.0. The molecule has 1 aromatic carbocycles. The van der Waals surface area contributed by atoms with Crippen LogP contribution in [0, 0.1) is 5.92 Å². The summed E-state index contributed by atoms with van der Waals surface area (Å²) in [5, 5.41) is 0. The molecule has 134 valence electrons. The van der Waals surface area contributed by atoms with E-state index in [1.54, 1.807) is 0 Å². The number of likely N-dealkylation sites (tertiary alicyclic amines) is 1. The molecule has 1 aromatic rings. The summed E-state index contributed by atoms with van der Waals surface area (Å²) in [4.78, 5) is 2.32. The summed E-state index contributed by atoms with van der Waals surface area (Å²) in [6.07, 6.45) is -1.39. The minimum atomic E-state index is -4.80. The summed E-state index contributed by atoms with van der Waals surface area (Å²) in [5.41, 5.74) is 0. The van der Waals surface area contributed by atoms with Crippen LogP contribution in [0.2, 0.25) is 0 Å². The lowest BCUT2D eigenvalue weighted by Crippen LogP contribution is -2.31. The highest BCUT2D eigenvalue weighted by molar-refractivity contribution is 7.89. The predicted octanol–water partition coefficient (Wildman–Crippen LogP) is 2.35. The van der Waals surface area contributed by atoms with Gasteiger partial charge in [-0.3, -0.25) is 0 Å². The Morgan fingerprint density at radius 1 is 1.17 bits per heavy atom. The average Bonchev–Trinajstić information content (AvgIpc) is 3.23. The number of hydrogen-bond acceptors (Lipinski definition) is 4. The number of nitrogens with one attached hydrogen (secondary N) is 1. The van der Waals surface area contributed by atoms with Gasteiger partial charge < -0.3 is 9.64 Å².